The van der Waals surface area contributed by atoms with Crippen LogP contribution in [0, 0.1) is 0 Å². The molecule has 114 valence electrons. The van der Waals surface area contributed by atoms with E-state index in [1.54, 1.807) is 6.08 Å². The number of allylic oxidation sites excluding steroid dienone is 1. The Labute approximate surface area is 122 Å². The average Bonchev–Trinajstić information content (AvgIpc) is 2.85. The van der Waals surface area contributed by atoms with Gasteiger partial charge in [-0.2, -0.15) is 0 Å². The van der Waals surface area contributed by atoms with Gasteiger partial charge < -0.3 is 25.4 Å². The van der Waals surface area contributed by atoms with Crippen molar-refractivity contribution in [3.63, 3.8) is 0 Å². The molecule has 0 radical (unpaired) electrons. The lowest BCUT2D eigenvalue weighted by Crippen LogP contribution is -2.58. The summed E-state index contributed by atoms with van der Waals surface area (Å²) in [6.07, 6.45) is 2.46. The van der Waals surface area contributed by atoms with E-state index in [9.17, 15) is 10.2 Å². The third kappa shape index (κ3) is 3.46. The number of amidine groups is 1. The number of thioether (sulfide) groups is 1. The van der Waals surface area contributed by atoms with Crippen molar-refractivity contribution < 1.29 is 20.1 Å². The first-order valence-corrected chi connectivity index (χ1v) is 7.83. The van der Waals surface area contributed by atoms with Gasteiger partial charge in [-0.05, 0) is 19.3 Å². The van der Waals surface area contributed by atoms with Crippen molar-refractivity contribution in [2.75, 3.05) is 6.54 Å². The highest BCUT2D eigenvalue weighted by atomic mass is 32.2. The molecule has 20 heavy (non-hydrogen) atoms. The molecule has 0 bridgehead atoms. The van der Waals surface area contributed by atoms with Crippen molar-refractivity contribution in [2.45, 2.75) is 56.0 Å². The lowest BCUT2D eigenvalue weighted by atomic mass is 9.95. The van der Waals surface area contributed by atoms with Gasteiger partial charge in [0.2, 0.25) is 0 Å². The predicted molar refractivity (Wildman–Crippen MR) is 78.8 cm³/mol. The number of hydrogen-bond donors (Lipinski definition) is 4. The van der Waals surface area contributed by atoms with Crippen molar-refractivity contribution >= 4 is 16.9 Å². The summed E-state index contributed by atoms with van der Waals surface area (Å²) in [5, 5.41) is 32.8. The van der Waals surface area contributed by atoms with Crippen LogP contribution in [-0.4, -0.2) is 56.8 Å². The number of ether oxygens (including phenoxy) is 1. The Hall–Kier alpha value is -0.760. The van der Waals surface area contributed by atoms with Crippen LogP contribution in [0.25, 0.3) is 0 Å². The Balaban J connectivity index is 1.97. The fraction of sp³-hybridized carbons (Fsp3) is 0.769. The zero-order chi connectivity index (χ0) is 14.5. The SMILES string of the molecule is CCCN=C1N[C@@H]2[C@@H](O)[C@H](O)[C@@H](CCC=CO)O[C@@H]2S1. The molecule has 6 nitrogen and oxygen atoms in total. The largest absolute Gasteiger partial charge is 0.516 e. The van der Waals surface area contributed by atoms with Crippen LogP contribution < -0.4 is 5.32 Å². The molecule has 0 saturated carbocycles. The minimum atomic E-state index is -0.929. The van der Waals surface area contributed by atoms with E-state index < -0.39 is 18.3 Å². The molecule has 2 aliphatic rings. The van der Waals surface area contributed by atoms with Gasteiger partial charge in [-0.25, -0.2) is 0 Å². The summed E-state index contributed by atoms with van der Waals surface area (Å²) in [5.74, 6) is 0. The van der Waals surface area contributed by atoms with Gasteiger partial charge in [0.05, 0.1) is 18.4 Å². The topological polar surface area (TPSA) is 94.3 Å². The van der Waals surface area contributed by atoms with Crippen LogP contribution in [-0.2, 0) is 4.74 Å². The van der Waals surface area contributed by atoms with Crippen molar-refractivity contribution in [1.82, 2.24) is 5.32 Å². The van der Waals surface area contributed by atoms with E-state index in [4.69, 9.17) is 9.84 Å². The molecule has 2 fully saturated rings. The number of hydrogen-bond acceptors (Lipinski definition) is 6. The van der Waals surface area contributed by atoms with Crippen LogP contribution in [0.5, 0.6) is 0 Å². The summed E-state index contributed by atoms with van der Waals surface area (Å²) in [7, 11) is 0. The molecule has 2 rings (SSSR count). The van der Waals surface area contributed by atoms with E-state index in [1.165, 1.54) is 11.8 Å². The van der Waals surface area contributed by atoms with Gasteiger partial charge in [0.15, 0.2) is 5.17 Å². The van der Waals surface area contributed by atoms with Gasteiger partial charge in [-0.1, -0.05) is 24.8 Å². The van der Waals surface area contributed by atoms with E-state index >= 15 is 0 Å². The lowest BCUT2D eigenvalue weighted by Gasteiger charge is -2.38. The van der Waals surface area contributed by atoms with Crippen molar-refractivity contribution in [3.05, 3.63) is 12.3 Å². The van der Waals surface area contributed by atoms with Crippen molar-refractivity contribution in [1.29, 1.82) is 0 Å². The molecule has 2 heterocycles. The number of fused-ring (bicyclic) bond motifs is 1. The minimum Gasteiger partial charge on any atom is -0.516 e. The zero-order valence-electron chi connectivity index (χ0n) is 11.5. The standard InChI is InChI=1S/C13H22N2O4S/c1-2-6-14-13-15-9-11(18)10(17)8(5-3-4-7-16)19-12(9)20-13/h4,7-12,16-18H,2-3,5-6H2,1H3,(H,14,15)/t8-,9-,10-,11-,12-/m1/s1. The van der Waals surface area contributed by atoms with Crippen LogP contribution in [0.1, 0.15) is 26.2 Å². The fourth-order valence-electron chi connectivity index (χ4n) is 2.34. The van der Waals surface area contributed by atoms with Gasteiger partial charge in [0.1, 0.15) is 17.6 Å². The van der Waals surface area contributed by atoms with Crippen molar-refractivity contribution in [2.24, 2.45) is 4.99 Å². The lowest BCUT2D eigenvalue weighted by molar-refractivity contribution is -0.157. The molecule has 0 amide bonds. The monoisotopic (exact) mass is 302 g/mol. The van der Waals surface area contributed by atoms with Crippen LogP contribution >= 0.6 is 11.8 Å². The molecule has 0 aromatic heterocycles. The molecule has 2 aliphatic heterocycles. The number of nitrogens with zero attached hydrogens (tertiary/aromatic N) is 1. The van der Waals surface area contributed by atoms with Crippen LogP contribution in [0.4, 0.5) is 0 Å². The van der Waals surface area contributed by atoms with Crippen molar-refractivity contribution in [3.8, 4) is 0 Å². The molecule has 7 heteroatoms. The van der Waals surface area contributed by atoms with Crippen LogP contribution in [0.3, 0.4) is 0 Å². The zero-order valence-corrected chi connectivity index (χ0v) is 12.3. The quantitative estimate of drug-likeness (QED) is 0.560. The molecular formula is C13H22N2O4S. The molecule has 0 aromatic carbocycles. The molecular weight excluding hydrogens is 280 g/mol. The van der Waals surface area contributed by atoms with Gasteiger partial charge >= 0.3 is 0 Å². The Morgan fingerprint density at radius 1 is 1.40 bits per heavy atom. The summed E-state index contributed by atoms with van der Waals surface area (Å²) in [6, 6.07) is -0.324. The Kier molecular flexibility index (Phi) is 5.71. The maximum atomic E-state index is 10.2. The Morgan fingerprint density at radius 2 is 2.20 bits per heavy atom. The molecule has 0 aromatic rings. The van der Waals surface area contributed by atoms with Gasteiger partial charge in [-0.3, -0.25) is 4.99 Å². The number of aliphatic imine (C=N–C) groups is 1. The maximum Gasteiger partial charge on any atom is 0.159 e. The molecule has 2 saturated heterocycles. The van der Waals surface area contributed by atoms with E-state index in [2.05, 4.69) is 17.2 Å². The first kappa shape index (κ1) is 15.6. The van der Waals surface area contributed by atoms with Gasteiger partial charge in [0.25, 0.3) is 0 Å². The molecule has 0 spiro atoms. The van der Waals surface area contributed by atoms with Gasteiger partial charge in [0, 0.05) is 6.54 Å². The second-order valence-electron chi connectivity index (χ2n) is 4.96. The number of rotatable bonds is 5. The highest BCUT2D eigenvalue weighted by Crippen LogP contribution is 2.35. The summed E-state index contributed by atoms with van der Waals surface area (Å²) in [5.41, 5.74) is -0.230. The minimum absolute atomic E-state index is 0.230. The highest BCUT2D eigenvalue weighted by Gasteiger charge is 2.48. The predicted octanol–water partition coefficient (Wildman–Crippen LogP) is 0.756. The number of aliphatic hydroxyl groups excluding tert-OH is 3. The Bertz CT molecular complexity index is 377. The maximum absolute atomic E-state index is 10.2. The van der Waals surface area contributed by atoms with E-state index in [1.807, 2.05) is 0 Å². The number of nitrogens with one attached hydrogen (secondary N) is 1. The van der Waals surface area contributed by atoms with E-state index in [0.717, 1.165) is 24.4 Å². The third-order valence-electron chi connectivity index (χ3n) is 3.42. The second-order valence-corrected chi connectivity index (χ2v) is 6.05. The summed E-state index contributed by atoms with van der Waals surface area (Å²) in [6.45, 7) is 2.79. The van der Waals surface area contributed by atoms with E-state index in [-0.39, 0.29) is 11.5 Å². The third-order valence-corrected chi connectivity index (χ3v) is 4.53. The summed E-state index contributed by atoms with van der Waals surface area (Å²) in [4.78, 5) is 4.38. The molecule has 0 unspecified atom stereocenters. The van der Waals surface area contributed by atoms with Crippen LogP contribution in [0.15, 0.2) is 17.3 Å². The fourth-order valence-corrected chi connectivity index (χ4v) is 3.51. The second kappa shape index (κ2) is 7.31. The van der Waals surface area contributed by atoms with Gasteiger partial charge in [-0.15, -0.1) is 0 Å². The first-order chi connectivity index (χ1) is 9.67. The smallest absolute Gasteiger partial charge is 0.159 e. The number of aliphatic hydroxyl groups is 3. The molecule has 4 N–H and O–H groups in total. The van der Waals surface area contributed by atoms with E-state index in [0.29, 0.717) is 12.8 Å². The molecule has 5 atom stereocenters. The average molecular weight is 302 g/mol. The Morgan fingerprint density at radius 3 is 2.90 bits per heavy atom. The molecule has 0 aliphatic carbocycles. The summed E-state index contributed by atoms with van der Waals surface area (Å²) >= 11 is 1.46. The summed E-state index contributed by atoms with van der Waals surface area (Å²) < 4.78 is 5.84. The first-order valence-electron chi connectivity index (χ1n) is 6.95. The highest BCUT2D eigenvalue weighted by molar-refractivity contribution is 8.14. The normalized spacial score (nSPS) is 39.1. The van der Waals surface area contributed by atoms with Crippen LogP contribution in [0.2, 0.25) is 0 Å².